The summed E-state index contributed by atoms with van der Waals surface area (Å²) >= 11 is 5.98. The third-order valence-electron chi connectivity index (χ3n) is 3.47. The fourth-order valence-corrected chi connectivity index (χ4v) is 2.33. The Morgan fingerprint density at radius 2 is 1.93 bits per heavy atom. The van der Waals surface area contributed by atoms with Crippen molar-refractivity contribution in [3.05, 3.63) is 63.2 Å². The first kappa shape index (κ1) is 20.3. The Balaban J connectivity index is 1.84. The second-order valence-corrected chi connectivity index (χ2v) is 5.83. The first-order valence-corrected chi connectivity index (χ1v) is 8.41. The van der Waals surface area contributed by atoms with Crippen molar-refractivity contribution in [2.75, 3.05) is 19.7 Å². The van der Waals surface area contributed by atoms with Crippen molar-refractivity contribution in [3.63, 3.8) is 0 Å². The number of primary amides is 1. The first-order valence-electron chi connectivity index (χ1n) is 8.03. The summed E-state index contributed by atoms with van der Waals surface area (Å²) in [6.45, 7) is 1.49. The third-order valence-corrected chi connectivity index (χ3v) is 3.77. The number of benzene rings is 2. The molecule has 0 aromatic heterocycles. The van der Waals surface area contributed by atoms with Crippen molar-refractivity contribution >= 4 is 34.8 Å². The Hall–Kier alpha value is -3.04. The predicted molar refractivity (Wildman–Crippen MR) is 101 cm³/mol. The van der Waals surface area contributed by atoms with E-state index < -0.39 is 11.0 Å². The Labute approximate surface area is 160 Å². The summed E-state index contributed by atoms with van der Waals surface area (Å²) in [5.41, 5.74) is 6.86. The normalized spacial score (nSPS) is 10.9. The fraction of sp³-hybridized carbons (Fsp3) is 0.235. The minimum Gasteiger partial charge on any atom is -0.448 e. The molecule has 0 saturated heterocycles. The molecule has 0 saturated carbocycles. The summed E-state index contributed by atoms with van der Waals surface area (Å²) in [5, 5.41) is 22.1. The van der Waals surface area contributed by atoms with Crippen LogP contribution in [0.1, 0.15) is 5.56 Å². The average molecular weight is 392 g/mol. The average Bonchev–Trinajstić information content (AvgIpc) is 2.64. The Morgan fingerprint density at radius 3 is 2.56 bits per heavy atom. The van der Waals surface area contributed by atoms with E-state index >= 15 is 0 Å². The second kappa shape index (κ2) is 10.2. The van der Waals surface area contributed by atoms with E-state index in [0.29, 0.717) is 17.9 Å². The van der Waals surface area contributed by atoms with Gasteiger partial charge in [0, 0.05) is 18.7 Å². The number of amides is 1. The van der Waals surface area contributed by atoms with Gasteiger partial charge in [0.2, 0.25) is 0 Å². The molecule has 2 aromatic carbocycles. The number of nitrogens with one attached hydrogen (secondary N) is 1. The zero-order valence-electron chi connectivity index (χ0n) is 14.3. The number of non-ortho nitro benzene ring substituents is 1. The molecule has 0 bridgehead atoms. The summed E-state index contributed by atoms with van der Waals surface area (Å²) in [5.74, 6) is 0. The zero-order chi connectivity index (χ0) is 19.6. The van der Waals surface area contributed by atoms with Gasteiger partial charge in [-0.2, -0.15) is 5.11 Å². The van der Waals surface area contributed by atoms with Crippen LogP contribution in [0.5, 0.6) is 0 Å². The number of nitro benzene ring substituents is 1. The number of carbonyl (C=O) groups is 1. The lowest BCUT2D eigenvalue weighted by molar-refractivity contribution is -0.384. The largest absolute Gasteiger partial charge is 0.448 e. The molecule has 0 unspecified atom stereocenters. The van der Waals surface area contributed by atoms with Gasteiger partial charge in [-0.1, -0.05) is 23.7 Å². The van der Waals surface area contributed by atoms with E-state index in [1.165, 1.54) is 18.2 Å². The number of nitrogens with zero attached hydrogens (tertiary/aromatic N) is 3. The highest BCUT2D eigenvalue weighted by molar-refractivity contribution is 6.33. The van der Waals surface area contributed by atoms with Crippen LogP contribution in [0.25, 0.3) is 0 Å². The van der Waals surface area contributed by atoms with Gasteiger partial charge >= 0.3 is 6.09 Å². The van der Waals surface area contributed by atoms with Crippen LogP contribution in [0.15, 0.2) is 52.7 Å². The van der Waals surface area contributed by atoms with Gasteiger partial charge in [0.1, 0.15) is 12.3 Å². The van der Waals surface area contributed by atoms with Crippen LogP contribution >= 0.6 is 11.6 Å². The molecule has 0 aliphatic carbocycles. The molecule has 0 aliphatic heterocycles. The van der Waals surface area contributed by atoms with E-state index in [9.17, 15) is 14.9 Å². The zero-order valence-corrected chi connectivity index (χ0v) is 15.1. The number of ether oxygens (including phenoxy) is 1. The van der Waals surface area contributed by atoms with Crippen LogP contribution < -0.4 is 11.1 Å². The number of nitro groups is 1. The fourth-order valence-electron chi connectivity index (χ4n) is 2.11. The maximum atomic E-state index is 10.7. The Kier molecular flexibility index (Phi) is 7.65. The maximum Gasteiger partial charge on any atom is 0.404 e. The van der Waals surface area contributed by atoms with Gasteiger partial charge in [-0.25, -0.2) is 4.79 Å². The van der Waals surface area contributed by atoms with E-state index in [-0.39, 0.29) is 17.3 Å². The van der Waals surface area contributed by atoms with E-state index in [1.54, 1.807) is 0 Å². The molecular formula is C17H18ClN5O4. The lowest BCUT2D eigenvalue weighted by Gasteiger charge is -2.05. The SMILES string of the molecule is NC(=O)OCCNCCc1ccc(N=Nc2ccc([N+](=O)[O-])cc2Cl)cc1. The topological polar surface area (TPSA) is 132 Å². The monoisotopic (exact) mass is 391 g/mol. The molecule has 9 nitrogen and oxygen atoms in total. The van der Waals surface area contributed by atoms with Crippen LogP contribution in [-0.4, -0.2) is 30.7 Å². The highest BCUT2D eigenvalue weighted by Gasteiger charge is 2.08. The van der Waals surface area contributed by atoms with E-state index in [0.717, 1.165) is 18.5 Å². The molecule has 2 aromatic rings. The summed E-state index contributed by atoms with van der Waals surface area (Å²) in [6.07, 6.45) is 0.0129. The molecular weight excluding hydrogens is 374 g/mol. The van der Waals surface area contributed by atoms with Crippen LogP contribution in [0.2, 0.25) is 5.02 Å². The number of hydrogen-bond donors (Lipinski definition) is 2. The Morgan fingerprint density at radius 1 is 1.19 bits per heavy atom. The minimum absolute atomic E-state index is 0.0990. The molecule has 1 amide bonds. The van der Waals surface area contributed by atoms with Crippen LogP contribution in [0, 0.1) is 10.1 Å². The number of carbonyl (C=O) groups excluding carboxylic acids is 1. The highest BCUT2D eigenvalue weighted by atomic mass is 35.5. The van der Waals surface area contributed by atoms with Gasteiger partial charge in [0.15, 0.2) is 0 Å². The third kappa shape index (κ3) is 7.00. The van der Waals surface area contributed by atoms with Gasteiger partial charge in [-0.15, -0.1) is 5.11 Å². The summed E-state index contributed by atoms with van der Waals surface area (Å²) in [6, 6.07) is 11.5. The molecule has 27 heavy (non-hydrogen) atoms. The molecule has 0 atom stereocenters. The lowest BCUT2D eigenvalue weighted by atomic mass is 10.1. The lowest BCUT2D eigenvalue weighted by Crippen LogP contribution is -2.25. The predicted octanol–water partition coefficient (Wildman–Crippen LogP) is 3.89. The van der Waals surface area contributed by atoms with Crippen molar-refractivity contribution < 1.29 is 14.5 Å². The van der Waals surface area contributed by atoms with E-state index in [2.05, 4.69) is 20.3 Å². The number of hydrogen-bond acceptors (Lipinski definition) is 7. The van der Waals surface area contributed by atoms with Gasteiger partial charge in [0.05, 0.1) is 15.6 Å². The van der Waals surface area contributed by atoms with Crippen LogP contribution in [0.4, 0.5) is 21.9 Å². The Bertz CT molecular complexity index is 827. The van der Waals surface area contributed by atoms with Crippen molar-refractivity contribution in [1.29, 1.82) is 0 Å². The maximum absolute atomic E-state index is 10.7. The molecule has 10 heteroatoms. The quantitative estimate of drug-likeness (QED) is 0.289. The summed E-state index contributed by atoms with van der Waals surface area (Å²) < 4.78 is 4.61. The van der Waals surface area contributed by atoms with Crippen molar-refractivity contribution in [1.82, 2.24) is 5.32 Å². The van der Waals surface area contributed by atoms with Crippen molar-refractivity contribution in [3.8, 4) is 0 Å². The first-order chi connectivity index (χ1) is 13.0. The van der Waals surface area contributed by atoms with E-state index in [4.69, 9.17) is 17.3 Å². The summed E-state index contributed by atoms with van der Waals surface area (Å²) in [4.78, 5) is 20.6. The molecule has 0 spiro atoms. The minimum atomic E-state index is -0.781. The summed E-state index contributed by atoms with van der Waals surface area (Å²) in [7, 11) is 0. The highest BCUT2D eigenvalue weighted by Crippen LogP contribution is 2.30. The number of nitrogens with two attached hydrogens (primary N) is 1. The van der Waals surface area contributed by atoms with Gasteiger partial charge in [-0.05, 0) is 36.7 Å². The van der Waals surface area contributed by atoms with Crippen molar-refractivity contribution in [2.24, 2.45) is 16.0 Å². The number of azo groups is 1. The molecule has 142 valence electrons. The molecule has 0 heterocycles. The smallest absolute Gasteiger partial charge is 0.404 e. The van der Waals surface area contributed by atoms with Gasteiger partial charge in [-0.3, -0.25) is 10.1 Å². The van der Waals surface area contributed by atoms with Crippen LogP contribution in [0.3, 0.4) is 0 Å². The standard InChI is InChI=1S/C17H18ClN5O4/c18-15-11-14(23(25)26)5-6-16(15)22-21-13-3-1-12(2-4-13)7-8-20-9-10-27-17(19)24/h1-6,11,20H,7-10H2,(H2,19,24). The van der Waals surface area contributed by atoms with Gasteiger partial charge in [0.25, 0.3) is 5.69 Å². The molecule has 0 aliphatic rings. The number of rotatable bonds is 9. The van der Waals surface area contributed by atoms with E-state index in [1.807, 2.05) is 24.3 Å². The molecule has 0 radical (unpaired) electrons. The molecule has 2 rings (SSSR count). The van der Waals surface area contributed by atoms with Crippen molar-refractivity contribution in [2.45, 2.75) is 6.42 Å². The van der Waals surface area contributed by atoms with Gasteiger partial charge < -0.3 is 15.8 Å². The van der Waals surface area contributed by atoms with Crippen LogP contribution in [-0.2, 0) is 11.2 Å². The second-order valence-electron chi connectivity index (χ2n) is 5.43. The molecule has 0 fully saturated rings. The number of halogens is 1. The molecule has 3 N–H and O–H groups in total.